The Labute approximate surface area is 116 Å². The fourth-order valence-corrected chi connectivity index (χ4v) is 2.10. The van der Waals surface area contributed by atoms with Crippen LogP contribution in [0, 0.1) is 0 Å². The first kappa shape index (κ1) is 15.5. The third-order valence-electron chi connectivity index (χ3n) is 2.95. The summed E-state index contributed by atoms with van der Waals surface area (Å²) < 4.78 is 7.57. The predicted octanol–water partition coefficient (Wildman–Crippen LogP) is 4.35. The highest BCUT2D eigenvalue weighted by atomic mass is 35.5. The Morgan fingerprint density at radius 1 is 1.11 bits per heavy atom. The van der Waals surface area contributed by atoms with Gasteiger partial charge in [-0.3, -0.25) is 0 Å². The first-order chi connectivity index (χ1) is 8.83. The van der Waals surface area contributed by atoms with Gasteiger partial charge in [-0.05, 0) is 12.5 Å². The van der Waals surface area contributed by atoms with Gasteiger partial charge >= 0.3 is 0 Å². The van der Waals surface area contributed by atoms with Crippen LogP contribution in [0.2, 0.25) is 5.02 Å². The molecule has 0 fully saturated rings. The van der Waals surface area contributed by atoms with Crippen LogP contribution in [-0.2, 0) is 11.5 Å². The number of rotatable bonds is 10. The lowest BCUT2D eigenvalue weighted by Crippen LogP contribution is -2.34. The molecule has 0 aliphatic heterocycles. The van der Waals surface area contributed by atoms with Crippen molar-refractivity contribution in [2.24, 2.45) is 0 Å². The lowest BCUT2D eigenvalue weighted by atomic mass is 10.1. The summed E-state index contributed by atoms with van der Waals surface area (Å²) in [5, 5.41) is 0.747. The second-order valence-electron chi connectivity index (χ2n) is 4.70. The number of aromatic nitrogens is 1. The molecule has 0 saturated heterocycles. The fourth-order valence-electron chi connectivity index (χ4n) is 1.90. The Balaban J connectivity index is 1.92. The van der Waals surface area contributed by atoms with Gasteiger partial charge in [0.1, 0.15) is 5.02 Å². The van der Waals surface area contributed by atoms with Crippen molar-refractivity contribution in [2.75, 3.05) is 6.61 Å². The van der Waals surface area contributed by atoms with Gasteiger partial charge in [0.25, 0.3) is 6.73 Å². The largest absolute Gasteiger partial charge is 0.323 e. The summed E-state index contributed by atoms with van der Waals surface area (Å²) in [4.78, 5) is 0. The average Bonchev–Trinajstić information content (AvgIpc) is 2.37. The third-order valence-corrected chi connectivity index (χ3v) is 3.18. The molecule has 0 N–H and O–H groups in total. The molecule has 0 radical (unpaired) electrons. The van der Waals surface area contributed by atoms with Crippen LogP contribution in [0.15, 0.2) is 24.5 Å². The number of halogens is 1. The van der Waals surface area contributed by atoms with E-state index in [-0.39, 0.29) is 0 Å². The molecular formula is C15H25ClNO+. The van der Waals surface area contributed by atoms with E-state index in [9.17, 15) is 0 Å². The van der Waals surface area contributed by atoms with Gasteiger partial charge in [0.15, 0.2) is 12.4 Å². The summed E-state index contributed by atoms with van der Waals surface area (Å²) in [7, 11) is 0. The molecule has 0 aliphatic rings. The molecule has 1 aromatic rings. The van der Waals surface area contributed by atoms with E-state index in [1.54, 1.807) is 0 Å². The molecule has 0 unspecified atom stereocenters. The van der Waals surface area contributed by atoms with Gasteiger partial charge in [-0.15, -0.1) is 0 Å². The Morgan fingerprint density at radius 2 is 1.83 bits per heavy atom. The maximum atomic E-state index is 5.89. The normalized spacial score (nSPS) is 10.8. The predicted molar refractivity (Wildman–Crippen MR) is 75.6 cm³/mol. The van der Waals surface area contributed by atoms with Crippen LogP contribution in [-0.4, -0.2) is 6.61 Å². The Morgan fingerprint density at radius 3 is 2.56 bits per heavy atom. The van der Waals surface area contributed by atoms with E-state index >= 15 is 0 Å². The Bertz CT molecular complexity index is 317. The molecule has 18 heavy (non-hydrogen) atoms. The van der Waals surface area contributed by atoms with E-state index in [4.69, 9.17) is 16.3 Å². The molecule has 0 saturated carbocycles. The number of ether oxygens (including phenoxy) is 1. The summed E-state index contributed by atoms with van der Waals surface area (Å²) in [6, 6.07) is 3.80. The summed E-state index contributed by atoms with van der Waals surface area (Å²) >= 11 is 5.89. The molecule has 0 amide bonds. The van der Waals surface area contributed by atoms with Crippen molar-refractivity contribution in [1.82, 2.24) is 0 Å². The number of pyridine rings is 1. The van der Waals surface area contributed by atoms with Gasteiger partial charge in [0.2, 0.25) is 0 Å². The minimum Gasteiger partial charge on any atom is -0.323 e. The Hall–Kier alpha value is -0.600. The molecule has 0 aliphatic carbocycles. The van der Waals surface area contributed by atoms with E-state index in [1.165, 1.54) is 38.5 Å². The molecule has 0 aromatic carbocycles. The molecule has 1 rings (SSSR count). The zero-order valence-corrected chi connectivity index (χ0v) is 12.2. The van der Waals surface area contributed by atoms with Crippen molar-refractivity contribution < 1.29 is 9.30 Å². The minimum absolute atomic E-state index is 0.594. The molecular weight excluding hydrogens is 246 g/mol. The van der Waals surface area contributed by atoms with E-state index in [0.717, 1.165) is 18.1 Å². The first-order valence-electron chi connectivity index (χ1n) is 7.05. The molecule has 3 heteroatoms. The van der Waals surface area contributed by atoms with Gasteiger partial charge in [-0.25, -0.2) is 0 Å². The van der Waals surface area contributed by atoms with Gasteiger partial charge in [0.05, 0.1) is 6.61 Å². The zero-order valence-electron chi connectivity index (χ0n) is 11.4. The first-order valence-corrected chi connectivity index (χ1v) is 7.43. The average molecular weight is 271 g/mol. The quantitative estimate of drug-likeness (QED) is 0.455. The summed E-state index contributed by atoms with van der Waals surface area (Å²) in [6.07, 6.45) is 13.1. The summed E-state index contributed by atoms with van der Waals surface area (Å²) in [5.74, 6) is 0. The number of hydrogen-bond donors (Lipinski definition) is 0. The molecule has 102 valence electrons. The standard InChI is InChI=1S/C15H25ClNO/c1-2-3-4-5-6-7-8-12-18-14-17-11-9-10-15(16)13-17/h9-11,13H,2-8,12,14H2,1H3/q+1. The third kappa shape index (κ3) is 7.67. The fraction of sp³-hybridized carbons (Fsp3) is 0.667. The molecule has 0 atom stereocenters. The highest BCUT2D eigenvalue weighted by Crippen LogP contribution is 2.06. The highest BCUT2D eigenvalue weighted by Gasteiger charge is 2.00. The number of unbranched alkanes of at least 4 members (excludes halogenated alkanes) is 6. The van der Waals surface area contributed by atoms with Crippen LogP contribution in [0.5, 0.6) is 0 Å². The lowest BCUT2D eigenvalue weighted by Gasteiger charge is -2.02. The van der Waals surface area contributed by atoms with Gasteiger partial charge < -0.3 is 4.74 Å². The SMILES string of the molecule is CCCCCCCCCOC[n+]1cccc(Cl)c1. The minimum atomic E-state index is 0.594. The van der Waals surface area contributed by atoms with E-state index in [1.807, 2.05) is 29.1 Å². The second kappa shape index (κ2) is 10.3. The Kier molecular flexibility index (Phi) is 8.87. The highest BCUT2D eigenvalue weighted by molar-refractivity contribution is 6.30. The van der Waals surface area contributed by atoms with Crippen molar-refractivity contribution in [2.45, 2.75) is 58.6 Å². The topological polar surface area (TPSA) is 13.1 Å². The molecule has 0 bridgehead atoms. The van der Waals surface area contributed by atoms with Crippen molar-refractivity contribution >= 4 is 11.6 Å². The van der Waals surface area contributed by atoms with E-state index in [0.29, 0.717) is 6.73 Å². The molecule has 1 aromatic heterocycles. The van der Waals surface area contributed by atoms with Crippen LogP contribution in [0.3, 0.4) is 0 Å². The molecule has 1 heterocycles. The zero-order chi connectivity index (χ0) is 13.1. The number of nitrogens with zero attached hydrogens (tertiary/aromatic N) is 1. The molecule has 0 spiro atoms. The van der Waals surface area contributed by atoms with E-state index < -0.39 is 0 Å². The second-order valence-corrected chi connectivity index (χ2v) is 5.13. The van der Waals surface area contributed by atoms with Crippen molar-refractivity contribution in [3.05, 3.63) is 29.5 Å². The van der Waals surface area contributed by atoms with Crippen LogP contribution >= 0.6 is 11.6 Å². The maximum absolute atomic E-state index is 5.89. The van der Waals surface area contributed by atoms with Crippen LogP contribution in [0.25, 0.3) is 0 Å². The van der Waals surface area contributed by atoms with Gasteiger partial charge in [0, 0.05) is 6.07 Å². The number of hydrogen-bond acceptors (Lipinski definition) is 1. The van der Waals surface area contributed by atoms with Crippen LogP contribution < -0.4 is 4.57 Å². The summed E-state index contributed by atoms with van der Waals surface area (Å²) in [6.45, 7) is 3.69. The molecule has 2 nitrogen and oxygen atoms in total. The van der Waals surface area contributed by atoms with Crippen molar-refractivity contribution in [1.29, 1.82) is 0 Å². The van der Waals surface area contributed by atoms with Crippen LogP contribution in [0.4, 0.5) is 0 Å². The van der Waals surface area contributed by atoms with Crippen LogP contribution in [0.1, 0.15) is 51.9 Å². The van der Waals surface area contributed by atoms with Gasteiger partial charge in [-0.1, -0.05) is 57.0 Å². The van der Waals surface area contributed by atoms with Gasteiger partial charge in [-0.2, -0.15) is 4.57 Å². The van der Waals surface area contributed by atoms with Crippen molar-refractivity contribution in [3.63, 3.8) is 0 Å². The summed E-state index contributed by atoms with van der Waals surface area (Å²) in [5.41, 5.74) is 0. The monoisotopic (exact) mass is 270 g/mol. The maximum Gasteiger partial charge on any atom is 0.252 e. The van der Waals surface area contributed by atoms with E-state index in [2.05, 4.69) is 6.92 Å². The van der Waals surface area contributed by atoms with Crippen molar-refractivity contribution in [3.8, 4) is 0 Å². The smallest absolute Gasteiger partial charge is 0.252 e. The lowest BCUT2D eigenvalue weighted by molar-refractivity contribution is -0.732.